The summed E-state index contributed by atoms with van der Waals surface area (Å²) in [5, 5.41) is 2.50. The zero-order valence-electron chi connectivity index (χ0n) is 8.92. The van der Waals surface area contributed by atoms with Crippen molar-refractivity contribution in [1.29, 1.82) is 0 Å². The molecule has 4 nitrogen and oxygen atoms in total. The Morgan fingerprint density at radius 2 is 2.11 bits per heavy atom. The molecule has 18 heavy (non-hydrogen) atoms. The van der Waals surface area contributed by atoms with Gasteiger partial charge in [0, 0.05) is 12.4 Å². The van der Waals surface area contributed by atoms with Gasteiger partial charge in [-0.1, -0.05) is 11.6 Å². The molecule has 0 aliphatic carbocycles. The van der Waals surface area contributed by atoms with Gasteiger partial charge in [0.2, 0.25) is 0 Å². The Balaban J connectivity index is 2.15. The van der Waals surface area contributed by atoms with Gasteiger partial charge in [0.15, 0.2) is 0 Å². The topological polar surface area (TPSA) is 53.6 Å². The van der Waals surface area contributed by atoms with E-state index in [1.165, 1.54) is 0 Å². The van der Waals surface area contributed by atoms with Gasteiger partial charge in [-0.2, -0.15) is 13.2 Å². The lowest BCUT2D eigenvalue weighted by Gasteiger charge is -2.10. The highest BCUT2D eigenvalue weighted by molar-refractivity contribution is 6.29. The van der Waals surface area contributed by atoms with Crippen molar-refractivity contribution in [3.63, 3.8) is 0 Å². The van der Waals surface area contributed by atoms with Gasteiger partial charge < -0.3 is 10.3 Å². The molecule has 0 saturated heterocycles. The molecule has 8 heteroatoms. The van der Waals surface area contributed by atoms with Crippen LogP contribution in [-0.2, 0) is 12.7 Å². The predicted molar refractivity (Wildman–Crippen MR) is 60.2 cm³/mol. The number of pyridine rings is 1. The number of alkyl halides is 3. The fraction of sp³-hybridized carbons (Fsp3) is 0.200. The molecule has 2 aromatic heterocycles. The van der Waals surface area contributed by atoms with Crippen LogP contribution >= 0.6 is 11.6 Å². The summed E-state index contributed by atoms with van der Waals surface area (Å²) in [6.45, 7) is 0.234. The monoisotopic (exact) mass is 276 g/mol. The van der Waals surface area contributed by atoms with E-state index in [1.807, 2.05) is 0 Å². The standard InChI is InChI=1S/C10H8ClF3N4/c11-7-3-6(10(12,13)14)4-8(18-7)17-5-9-15-1-2-16-9/h1-4H,5H2,(H,15,16)(H,17,18). The van der Waals surface area contributed by atoms with Crippen LogP contribution in [0.2, 0.25) is 5.15 Å². The van der Waals surface area contributed by atoms with Crippen LogP contribution in [0.4, 0.5) is 19.0 Å². The second-order valence-corrected chi connectivity index (χ2v) is 3.84. The Bertz CT molecular complexity index is 524. The largest absolute Gasteiger partial charge is 0.416 e. The van der Waals surface area contributed by atoms with Crippen molar-refractivity contribution in [3.05, 3.63) is 41.1 Å². The quantitative estimate of drug-likeness (QED) is 0.847. The van der Waals surface area contributed by atoms with E-state index in [0.717, 1.165) is 12.1 Å². The number of imidazole rings is 1. The van der Waals surface area contributed by atoms with E-state index in [9.17, 15) is 13.2 Å². The van der Waals surface area contributed by atoms with Crippen LogP contribution in [0.1, 0.15) is 11.4 Å². The maximum Gasteiger partial charge on any atom is 0.416 e. The highest BCUT2D eigenvalue weighted by Gasteiger charge is 2.31. The molecule has 0 amide bonds. The molecule has 0 saturated carbocycles. The molecule has 2 heterocycles. The zero-order chi connectivity index (χ0) is 13.2. The van der Waals surface area contributed by atoms with Gasteiger partial charge in [0.1, 0.15) is 16.8 Å². The molecule has 0 spiro atoms. The summed E-state index contributed by atoms with van der Waals surface area (Å²) in [5.74, 6) is 0.636. The van der Waals surface area contributed by atoms with Crippen molar-refractivity contribution in [3.8, 4) is 0 Å². The van der Waals surface area contributed by atoms with Crippen molar-refractivity contribution in [1.82, 2.24) is 15.0 Å². The number of nitrogens with one attached hydrogen (secondary N) is 2. The number of aromatic nitrogens is 3. The maximum absolute atomic E-state index is 12.5. The van der Waals surface area contributed by atoms with E-state index in [4.69, 9.17) is 11.6 Å². The van der Waals surface area contributed by atoms with Crippen LogP contribution < -0.4 is 5.32 Å². The lowest BCUT2D eigenvalue weighted by atomic mass is 10.2. The van der Waals surface area contributed by atoms with Crippen LogP contribution in [0.5, 0.6) is 0 Å². The molecule has 96 valence electrons. The second kappa shape index (κ2) is 4.85. The molecule has 0 aliphatic rings. The average Bonchev–Trinajstić information content (AvgIpc) is 2.77. The first-order chi connectivity index (χ1) is 8.45. The van der Waals surface area contributed by atoms with E-state index < -0.39 is 11.7 Å². The second-order valence-electron chi connectivity index (χ2n) is 3.45. The first-order valence-electron chi connectivity index (χ1n) is 4.92. The number of rotatable bonds is 3. The van der Waals surface area contributed by atoms with Gasteiger partial charge >= 0.3 is 6.18 Å². The van der Waals surface area contributed by atoms with Gasteiger partial charge in [-0.15, -0.1) is 0 Å². The predicted octanol–water partition coefficient (Wildman–Crippen LogP) is 3.09. The molecule has 0 unspecified atom stereocenters. The van der Waals surface area contributed by atoms with E-state index in [-0.39, 0.29) is 17.5 Å². The fourth-order valence-corrected chi connectivity index (χ4v) is 1.53. The first kappa shape index (κ1) is 12.7. The van der Waals surface area contributed by atoms with E-state index in [0.29, 0.717) is 5.82 Å². The van der Waals surface area contributed by atoms with Crippen LogP contribution in [0.3, 0.4) is 0 Å². The smallest absolute Gasteiger partial charge is 0.363 e. The lowest BCUT2D eigenvalue weighted by molar-refractivity contribution is -0.137. The van der Waals surface area contributed by atoms with Crippen LogP contribution in [0, 0.1) is 0 Å². The first-order valence-corrected chi connectivity index (χ1v) is 5.30. The Hall–Kier alpha value is -1.76. The Labute approximate surface area is 105 Å². The number of hydrogen-bond acceptors (Lipinski definition) is 3. The van der Waals surface area contributed by atoms with E-state index in [1.54, 1.807) is 12.4 Å². The van der Waals surface area contributed by atoms with Crippen molar-refractivity contribution in [2.75, 3.05) is 5.32 Å². The van der Waals surface area contributed by atoms with Crippen molar-refractivity contribution >= 4 is 17.4 Å². The Morgan fingerprint density at radius 3 is 2.72 bits per heavy atom. The molecular weight excluding hydrogens is 269 g/mol. The Kier molecular flexibility index (Phi) is 3.42. The SMILES string of the molecule is FC(F)(F)c1cc(Cl)nc(NCc2ncc[nH]2)c1. The Morgan fingerprint density at radius 1 is 1.33 bits per heavy atom. The summed E-state index contributed by atoms with van der Waals surface area (Å²) in [6.07, 6.45) is -1.29. The minimum Gasteiger partial charge on any atom is -0.363 e. The third-order valence-corrected chi connectivity index (χ3v) is 2.31. The number of nitrogens with zero attached hydrogens (tertiary/aromatic N) is 2. The number of hydrogen-bond donors (Lipinski definition) is 2. The van der Waals surface area contributed by atoms with Gasteiger partial charge in [0.25, 0.3) is 0 Å². The summed E-state index contributed by atoms with van der Waals surface area (Å²) in [5.41, 5.74) is -0.843. The number of H-pyrrole nitrogens is 1. The summed E-state index contributed by atoms with van der Waals surface area (Å²) in [4.78, 5) is 10.5. The van der Waals surface area contributed by atoms with Gasteiger partial charge in [-0.3, -0.25) is 0 Å². The molecule has 2 rings (SSSR count). The fourth-order valence-electron chi connectivity index (χ4n) is 1.32. The van der Waals surface area contributed by atoms with Crippen molar-refractivity contribution in [2.45, 2.75) is 12.7 Å². The molecule has 0 atom stereocenters. The third-order valence-electron chi connectivity index (χ3n) is 2.11. The molecular formula is C10H8ClF3N4. The van der Waals surface area contributed by atoms with Crippen molar-refractivity contribution in [2.24, 2.45) is 0 Å². The van der Waals surface area contributed by atoms with E-state index >= 15 is 0 Å². The molecule has 0 aromatic carbocycles. The zero-order valence-corrected chi connectivity index (χ0v) is 9.68. The number of anilines is 1. The molecule has 2 aromatic rings. The summed E-state index contributed by atoms with van der Waals surface area (Å²) >= 11 is 5.54. The molecule has 0 radical (unpaired) electrons. The summed E-state index contributed by atoms with van der Waals surface area (Å²) in [6, 6.07) is 1.68. The molecule has 2 N–H and O–H groups in total. The number of halogens is 4. The molecule has 0 fully saturated rings. The molecule has 0 bridgehead atoms. The van der Waals surface area contributed by atoms with Crippen LogP contribution in [-0.4, -0.2) is 15.0 Å². The lowest BCUT2D eigenvalue weighted by Crippen LogP contribution is -2.08. The normalized spacial score (nSPS) is 11.6. The summed E-state index contributed by atoms with van der Waals surface area (Å²) in [7, 11) is 0. The number of aromatic amines is 1. The molecule has 0 aliphatic heterocycles. The van der Waals surface area contributed by atoms with Crippen LogP contribution in [0.25, 0.3) is 0 Å². The highest BCUT2D eigenvalue weighted by Crippen LogP contribution is 2.31. The van der Waals surface area contributed by atoms with Gasteiger partial charge in [-0.25, -0.2) is 9.97 Å². The third kappa shape index (κ3) is 3.13. The van der Waals surface area contributed by atoms with Gasteiger partial charge in [0.05, 0.1) is 12.1 Å². The maximum atomic E-state index is 12.5. The highest BCUT2D eigenvalue weighted by atomic mass is 35.5. The van der Waals surface area contributed by atoms with Gasteiger partial charge in [-0.05, 0) is 12.1 Å². The minimum atomic E-state index is -4.45. The minimum absolute atomic E-state index is 0.0474. The van der Waals surface area contributed by atoms with Crippen LogP contribution in [0.15, 0.2) is 24.5 Å². The van der Waals surface area contributed by atoms with E-state index in [2.05, 4.69) is 20.3 Å². The van der Waals surface area contributed by atoms with Crippen molar-refractivity contribution < 1.29 is 13.2 Å². The average molecular weight is 277 g/mol. The summed E-state index contributed by atoms with van der Waals surface area (Å²) < 4.78 is 37.6.